The van der Waals surface area contributed by atoms with Gasteiger partial charge in [0.1, 0.15) is 6.29 Å². The summed E-state index contributed by atoms with van der Waals surface area (Å²) in [6.07, 6.45) is 0.867. The van der Waals surface area contributed by atoms with E-state index in [2.05, 4.69) is 40.0 Å². The van der Waals surface area contributed by atoms with Gasteiger partial charge in [0.15, 0.2) is 0 Å². The number of carbonyl (C=O) groups excluding carboxylic acids is 1. The molecular weight excluding hydrogens is 429 g/mol. The Hall–Kier alpha value is 0.934. The van der Waals surface area contributed by atoms with E-state index in [4.69, 9.17) is 0 Å². The van der Waals surface area contributed by atoms with Crippen molar-refractivity contribution in [3.05, 3.63) is 34.9 Å². The summed E-state index contributed by atoms with van der Waals surface area (Å²) in [5, 5.41) is 0. The minimum atomic E-state index is 0.628. The van der Waals surface area contributed by atoms with Crippen molar-refractivity contribution >= 4 is 46.2 Å². The summed E-state index contributed by atoms with van der Waals surface area (Å²) in [4.78, 5) is 10.3. The number of aldehydes is 1. The van der Waals surface area contributed by atoms with Crippen LogP contribution >= 0.6 is 40.0 Å². The van der Waals surface area contributed by atoms with Crippen LogP contribution in [0, 0.1) is 13.8 Å². The van der Waals surface area contributed by atoms with E-state index in [1.165, 1.54) is 11.1 Å². The SMILES string of the molecule is Cc1ccc(C=O)cc1C.[I][V][I]. The summed E-state index contributed by atoms with van der Waals surface area (Å²) in [7, 11) is 0.628. The molecule has 71 valence electrons. The third-order valence-corrected chi connectivity index (χ3v) is 1.67. The molecule has 1 aromatic carbocycles. The number of aryl methyl sites for hydroxylation is 2. The Morgan fingerprint density at radius 3 is 2.15 bits per heavy atom. The molecule has 0 aliphatic carbocycles. The van der Waals surface area contributed by atoms with Crippen molar-refractivity contribution < 1.29 is 14.3 Å². The first-order valence-electron chi connectivity index (χ1n) is 3.60. The van der Waals surface area contributed by atoms with Gasteiger partial charge in [-0.2, -0.15) is 0 Å². The van der Waals surface area contributed by atoms with Gasteiger partial charge in [0, 0.05) is 5.56 Å². The van der Waals surface area contributed by atoms with E-state index in [1.807, 2.05) is 32.0 Å². The second kappa shape index (κ2) is 8.26. The molecule has 0 fully saturated rings. The first-order chi connectivity index (χ1) is 6.15. The third-order valence-electron chi connectivity index (χ3n) is 1.67. The molecule has 1 aromatic rings. The quantitative estimate of drug-likeness (QED) is 0.480. The van der Waals surface area contributed by atoms with Crippen LogP contribution in [0.15, 0.2) is 18.2 Å². The summed E-state index contributed by atoms with van der Waals surface area (Å²) in [6, 6.07) is 5.68. The van der Waals surface area contributed by atoms with Crippen LogP contribution in [0.5, 0.6) is 0 Å². The van der Waals surface area contributed by atoms with Crippen molar-refractivity contribution in [3.63, 3.8) is 0 Å². The fourth-order valence-corrected chi connectivity index (χ4v) is 0.838. The monoisotopic (exact) mass is 439 g/mol. The maximum atomic E-state index is 10.3. The predicted molar refractivity (Wildman–Crippen MR) is 69.3 cm³/mol. The van der Waals surface area contributed by atoms with Crippen LogP contribution in [0.2, 0.25) is 0 Å². The number of rotatable bonds is 1. The van der Waals surface area contributed by atoms with E-state index < -0.39 is 0 Å². The molecule has 0 heterocycles. The van der Waals surface area contributed by atoms with Gasteiger partial charge in [0.25, 0.3) is 0 Å². The predicted octanol–water partition coefficient (Wildman–Crippen LogP) is 3.88. The van der Waals surface area contributed by atoms with Gasteiger partial charge in [-0.05, 0) is 31.0 Å². The average Bonchev–Trinajstić information content (AvgIpc) is 2.11. The van der Waals surface area contributed by atoms with Crippen molar-refractivity contribution in [1.29, 1.82) is 0 Å². The maximum absolute atomic E-state index is 10.3. The molecule has 0 amide bonds. The number of hydrogen-bond donors (Lipinski definition) is 0. The standard InChI is InChI=1S/C9H10O.2HI.V/c1-7-3-4-9(6-10)5-8(7)2;;;/h3-6H,1-2H3;2*1H;/q;;;+2/p-2. The van der Waals surface area contributed by atoms with E-state index in [-0.39, 0.29) is 0 Å². The van der Waals surface area contributed by atoms with Gasteiger partial charge in [0.05, 0.1) is 0 Å². The van der Waals surface area contributed by atoms with Crippen molar-refractivity contribution in [2.45, 2.75) is 13.8 Å². The third kappa shape index (κ3) is 6.09. The summed E-state index contributed by atoms with van der Waals surface area (Å²) >= 11 is 4.74. The van der Waals surface area contributed by atoms with Gasteiger partial charge in [-0.3, -0.25) is 4.79 Å². The molecule has 1 nitrogen and oxygen atoms in total. The van der Waals surface area contributed by atoms with Gasteiger partial charge < -0.3 is 0 Å². The number of benzene rings is 1. The molecule has 0 aliphatic heterocycles. The van der Waals surface area contributed by atoms with Gasteiger partial charge in [-0.1, -0.05) is 12.1 Å². The van der Waals surface area contributed by atoms with Crippen LogP contribution < -0.4 is 0 Å². The Balaban J connectivity index is 0.000000424. The topological polar surface area (TPSA) is 17.1 Å². The molecule has 0 saturated carbocycles. The fourth-order valence-electron chi connectivity index (χ4n) is 0.838. The van der Waals surface area contributed by atoms with E-state index in [1.54, 1.807) is 0 Å². The summed E-state index contributed by atoms with van der Waals surface area (Å²) in [5.74, 6) is 0. The Morgan fingerprint density at radius 2 is 1.77 bits per heavy atom. The van der Waals surface area contributed by atoms with Crippen molar-refractivity contribution in [2.24, 2.45) is 0 Å². The molecule has 0 N–H and O–H groups in total. The van der Waals surface area contributed by atoms with Crippen LogP contribution in [0.4, 0.5) is 0 Å². The van der Waals surface area contributed by atoms with Crippen LogP contribution in [-0.4, -0.2) is 6.29 Å². The Morgan fingerprint density at radius 1 is 1.23 bits per heavy atom. The van der Waals surface area contributed by atoms with Gasteiger partial charge >= 0.3 is 49.4 Å². The van der Waals surface area contributed by atoms with Crippen LogP contribution in [0.1, 0.15) is 21.5 Å². The molecular formula is C9H10I2OV. The Bertz CT molecular complexity index is 276. The van der Waals surface area contributed by atoms with Gasteiger partial charge in [0.2, 0.25) is 0 Å². The molecule has 0 bridgehead atoms. The number of halogens is 2. The van der Waals surface area contributed by atoms with Crippen LogP contribution in [0.3, 0.4) is 0 Å². The van der Waals surface area contributed by atoms with E-state index in [0.29, 0.717) is 9.47 Å². The second-order valence-corrected chi connectivity index (χ2v) is 14.3. The van der Waals surface area contributed by atoms with Crippen LogP contribution in [-0.2, 0) is 9.47 Å². The Kier molecular flexibility index (Phi) is 8.85. The molecule has 1 rings (SSSR count). The molecule has 0 saturated heterocycles. The summed E-state index contributed by atoms with van der Waals surface area (Å²) in [6.45, 7) is 4.03. The molecule has 13 heavy (non-hydrogen) atoms. The summed E-state index contributed by atoms with van der Waals surface area (Å²) < 4.78 is 0. The minimum absolute atomic E-state index is 0.628. The molecule has 0 aromatic heterocycles. The number of carbonyl (C=O) groups is 1. The first-order valence-corrected chi connectivity index (χ1v) is 12.6. The van der Waals surface area contributed by atoms with E-state index in [9.17, 15) is 4.79 Å². The zero-order chi connectivity index (χ0) is 10.3. The van der Waals surface area contributed by atoms with E-state index >= 15 is 0 Å². The zero-order valence-corrected chi connectivity index (χ0v) is 13.1. The Labute approximate surface area is 108 Å². The number of hydrogen-bond acceptors (Lipinski definition) is 1. The summed E-state index contributed by atoms with van der Waals surface area (Å²) in [5.41, 5.74) is 3.15. The zero-order valence-electron chi connectivity index (χ0n) is 7.42. The first kappa shape index (κ1) is 13.9. The average molecular weight is 439 g/mol. The molecule has 0 atom stereocenters. The molecule has 0 unspecified atom stereocenters. The van der Waals surface area contributed by atoms with Crippen molar-refractivity contribution in [1.82, 2.24) is 0 Å². The van der Waals surface area contributed by atoms with Crippen molar-refractivity contribution in [3.8, 4) is 0 Å². The van der Waals surface area contributed by atoms with Crippen molar-refractivity contribution in [2.75, 3.05) is 0 Å². The normalized spacial score (nSPS) is 8.31. The molecule has 0 radical (unpaired) electrons. The van der Waals surface area contributed by atoms with E-state index in [0.717, 1.165) is 11.8 Å². The second-order valence-electron chi connectivity index (χ2n) is 2.53. The molecule has 0 spiro atoms. The molecule has 4 heteroatoms. The molecule has 0 aliphatic rings. The van der Waals surface area contributed by atoms with Gasteiger partial charge in [-0.25, -0.2) is 0 Å². The van der Waals surface area contributed by atoms with Gasteiger partial charge in [-0.15, -0.1) is 0 Å². The van der Waals surface area contributed by atoms with Crippen LogP contribution in [0.25, 0.3) is 0 Å². The fraction of sp³-hybridized carbons (Fsp3) is 0.222.